The van der Waals surface area contributed by atoms with Crippen LogP contribution in [-0.2, 0) is 19.9 Å². The van der Waals surface area contributed by atoms with Crippen LogP contribution in [0.4, 0.5) is 17.1 Å². The third-order valence-corrected chi connectivity index (χ3v) is 11.2. The van der Waals surface area contributed by atoms with E-state index in [1.165, 1.54) is 64.7 Å². The standard InChI is InChI=1S/C39H34N4S2.4C2H6/c1-40-30(25-28-13-3-5-17-32(28)40)15-11-16-31-26-29-14-4-6-18-33(29)42(31)27-43-35-20-8-10-22-37(35)45-39(43)24-12-23-38-41(2)34-19-7-9-21-36(34)44-38;4*1-2/h3-24H,25-27H2,1-2H3;4*1-2H3/q+2;;;;. The number of anilines is 2. The van der Waals surface area contributed by atoms with Gasteiger partial charge in [-0.2, -0.15) is 9.14 Å². The highest BCUT2D eigenvalue weighted by molar-refractivity contribution is 8.03. The van der Waals surface area contributed by atoms with Crippen molar-refractivity contribution in [2.45, 2.75) is 73.1 Å². The number of para-hydroxylation sites is 4. The van der Waals surface area contributed by atoms with Gasteiger partial charge in [0.15, 0.2) is 5.71 Å². The van der Waals surface area contributed by atoms with Crippen LogP contribution in [0.15, 0.2) is 143 Å². The topological polar surface area (TPSA) is 13.4 Å². The van der Waals surface area contributed by atoms with Crippen molar-refractivity contribution in [3.63, 3.8) is 0 Å². The number of thiazole rings is 1. The zero-order chi connectivity index (χ0) is 38.3. The zero-order valence-electron chi connectivity index (χ0n) is 33.4. The molecular weight excluding hydrogens is 685 g/mol. The lowest BCUT2D eigenvalue weighted by molar-refractivity contribution is -0.642. The minimum absolute atomic E-state index is 0.749. The van der Waals surface area contributed by atoms with Crippen LogP contribution in [0.1, 0.15) is 71.5 Å². The summed E-state index contributed by atoms with van der Waals surface area (Å²) in [6.07, 6.45) is 15.4. The lowest BCUT2D eigenvalue weighted by Crippen LogP contribution is -2.33. The van der Waals surface area contributed by atoms with Gasteiger partial charge < -0.3 is 9.80 Å². The van der Waals surface area contributed by atoms with Crippen molar-refractivity contribution in [3.05, 3.63) is 154 Å². The molecule has 5 aromatic rings. The SMILES string of the molecule is CC.CC.CC.CC.C[N+]1=C(C=CC=C2Cc3ccccc3N2CN2C(=CC=Cc3sc4ccccc4[n+]3C)Sc3ccccc32)Cc2ccccc21. The van der Waals surface area contributed by atoms with E-state index in [1.54, 1.807) is 0 Å². The van der Waals surface area contributed by atoms with Crippen LogP contribution in [0, 0.1) is 0 Å². The van der Waals surface area contributed by atoms with E-state index in [0.717, 1.165) is 19.5 Å². The lowest BCUT2D eigenvalue weighted by Gasteiger charge is -2.29. The van der Waals surface area contributed by atoms with Crippen molar-refractivity contribution in [2.24, 2.45) is 7.05 Å². The minimum atomic E-state index is 0.749. The van der Waals surface area contributed by atoms with E-state index in [2.05, 4.69) is 167 Å². The fourth-order valence-corrected chi connectivity index (χ4v) is 8.66. The molecule has 53 heavy (non-hydrogen) atoms. The molecule has 276 valence electrons. The van der Waals surface area contributed by atoms with Crippen LogP contribution in [0.3, 0.4) is 0 Å². The van der Waals surface area contributed by atoms with E-state index in [9.17, 15) is 0 Å². The largest absolute Gasteiger partial charge is 0.326 e. The van der Waals surface area contributed by atoms with Gasteiger partial charge in [-0.3, -0.25) is 0 Å². The maximum atomic E-state index is 2.49. The van der Waals surface area contributed by atoms with E-state index in [4.69, 9.17) is 0 Å². The monoisotopic (exact) mass is 742 g/mol. The fraction of sp³-hybridized carbons (Fsp3) is 0.277. The summed E-state index contributed by atoms with van der Waals surface area (Å²) in [7, 11) is 4.31. The van der Waals surface area contributed by atoms with E-state index in [1.807, 2.05) is 78.5 Å². The number of allylic oxidation sites excluding steroid dienone is 6. The third kappa shape index (κ3) is 9.12. The Morgan fingerprint density at radius 1 is 0.623 bits per heavy atom. The maximum absolute atomic E-state index is 2.49. The Labute approximate surface area is 327 Å². The smallest absolute Gasteiger partial charge is 0.262 e. The average Bonchev–Trinajstić information content (AvgIpc) is 3.96. The summed E-state index contributed by atoms with van der Waals surface area (Å²) < 4.78 is 5.89. The van der Waals surface area contributed by atoms with Crippen molar-refractivity contribution in [1.82, 2.24) is 0 Å². The molecule has 4 aromatic carbocycles. The first-order valence-corrected chi connectivity index (χ1v) is 21.0. The normalized spacial score (nSPS) is 15.4. The molecule has 3 aliphatic heterocycles. The molecule has 0 bridgehead atoms. The number of hydrogen-bond acceptors (Lipinski definition) is 4. The van der Waals surface area contributed by atoms with Gasteiger partial charge >= 0.3 is 0 Å². The highest BCUT2D eigenvalue weighted by Gasteiger charge is 2.31. The summed E-state index contributed by atoms with van der Waals surface area (Å²) in [5, 5.41) is 2.47. The van der Waals surface area contributed by atoms with Crippen LogP contribution in [0.2, 0.25) is 0 Å². The molecule has 3 aliphatic rings. The molecule has 6 heteroatoms. The lowest BCUT2D eigenvalue weighted by atomic mass is 10.1. The van der Waals surface area contributed by atoms with Gasteiger partial charge in [0.25, 0.3) is 5.01 Å². The minimum Gasteiger partial charge on any atom is -0.326 e. The summed E-state index contributed by atoms with van der Waals surface area (Å²) in [6, 6.07) is 34.9. The van der Waals surface area contributed by atoms with Crippen molar-refractivity contribution in [1.29, 1.82) is 0 Å². The second kappa shape index (κ2) is 20.6. The van der Waals surface area contributed by atoms with Gasteiger partial charge in [-0.1, -0.05) is 151 Å². The number of aromatic nitrogens is 1. The molecule has 0 amide bonds. The Morgan fingerprint density at radius 2 is 1.25 bits per heavy atom. The number of hydrogen-bond donors (Lipinski definition) is 0. The molecule has 4 heterocycles. The molecule has 0 saturated heterocycles. The first-order chi connectivity index (χ1) is 26.1. The Balaban J connectivity index is 0.000000737. The summed E-state index contributed by atoms with van der Waals surface area (Å²) in [6.45, 7) is 16.7. The second-order valence-electron chi connectivity index (χ2n) is 11.6. The highest BCUT2D eigenvalue weighted by Crippen LogP contribution is 2.47. The Hall–Kier alpha value is -4.65. The van der Waals surface area contributed by atoms with Gasteiger partial charge in [0.05, 0.1) is 17.1 Å². The van der Waals surface area contributed by atoms with Gasteiger partial charge in [0.2, 0.25) is 11.2 Å². The van der Waals surface area contributed by atoms with Gasteiger partial charge in [-0.05, 0) is 42.0 Å². The van der Waals surface area contributed by atoms with E-state index in [-0.39, 0.29) is 0 Å². The molecule has 1 aromatic heterocycles. The number of fused-ring (bicyclic) bond motifs is 4. The van der Waals surface area contributed by atoms with E-state index >= 15 is 0 Å². The van der Waals surface area contributed by atoms with Crippen LogP contribution >= 0.6 is 23.1 Å². The van der Waals surface area contributed by atoms with Crippen LogP contribution in [-0.4, -0.2) is 24.0 Å². The number of nitrogens with zero attached hydrogens (tertiary/aromatic N) is 4. The molecule has 0 aliphatic carbocycles. The summed E-state index contributed by atoms with van der Waals surface area (Å²) in [4.78, 5) is 6.25. The van der Waals surface area contributed by atoms with Gasteiger partial charge in [0, 0.05) is 52.5 Å². The van der Waals surface area contributed by atoms with Gasteiger partial charge in [-0.15, -0.1) is 0 Å². The van der Waals surface area contributed by atoms with Gasteiger partial charge in [0.1, 0.15) is 25.5 Å². The van der Waals surface area contributed by atoms with E-state index in [0.29, 0.717) is 0 Å². The van der Waals surface area contributed by atoms with Crippen LogP contribution in [0.25, 0.3) is 16.3 Å². The predicted molar refractivity (Wildman–Crippen MR) is 236 cm³/mol. The second-order valence-corrected chi connectivity index (χ2v) is 13.7. The highest BCUT2D eigenvalue weighted by atomic mass is 32.2. The Bertz CT molecular complexity index is 2110. The van der Waals surface area contributed by atoms with Crippen molar-refractivity contribution in [3.8, 4) is 0 Å². The summed E-state index contributed by atoms with van der Waals surface area (Å²) in [5.74, 6) is 0. The summed E-state index contributed by atoms with van der Waals surface area (Å²) in [5.41, 5.74) is 10.5. The molecular formula is C47H58N4S2+2. The predicted octanol–water partition coefficient (Wildman–Crippen LogP) is 12.7. The number of rotatable bonds is 6. The molecule has 8 rings (SSSR count). The maximum Gasteiger partial charge on any atom is 0.262 e. The van der Waals surface area contributed by atoms with Gasteiger partial charge in [-0.25, -0.2) is 0 Å². The molecule has 0 unspecified atom stereocenters. The quantitative estimate of drug-likeness (QED) is 0.161. The molecule has 0 atom stereocenters. The molecule has 4 nitrogen and oxygen atoms in total. The van der Waals surface area contributed by atoms with Crippen molar-refractivity contribution < 1.29 is 9.14 Å². The zero-order valence-corrected chi connectivity index (χ0v) is 35.1. The molecule has 0 saturated carbocycles. The number of thioether (sulfide) groups is 1. The number of aryl methyl sites for hydroxylation is 1. The van der Waals surface area contributed by atoms with Crippen molar-refractivity contribution in [2.75, 3.05) is 23.5 Å². The first kappa shape index (κ1) is 41.1. The van der Waals surface area contributed by atoms with Crippen molar-refractivity contribution >= 4 is 62.2 Å². The average molecular weight is 743 g/mol. The Kier molecular flexibility index (Phi) is 15.9. The first-order valence-electron chi connectivity index (χ1n) is 19.3. The number of benzene rings is 4. The third-order valence-electron chi connectivity index (χ3n) is 8.90. The fourth-order valence-electron chi connectivity index (χ4n) is 6.52. The Morgan fingerprint density at radius 3 is 1.98 bits per heavy atom. The summed E-state index contributed by atoms with van der Waals surface area (Å²) >= 11 is 3.67. The molecule has 0 spiro atoms. The molecule has 0 N–H and O–H groups in total. The molecule has 0 fully saturated rings. The van der Waals surface area contributed by atoms with E-state index < -0.39 is 0 Å². The van der Waals surface area contributed by atoms with Crippen LogP contribution in [0.5, 0.6) is 0 Å². The molecule has 0 radical (unpaired) electrons. The van der Waals surface area contributed by atoms with Crippen LogP contribution < -0.4 is 14.4 Å².